The molecular weight excluding hydrogens is 368 g/mol. The van der Waals surface area contributed by atoms with Crippen molar-refractivity contribution in [1.82, 2.24) is 20.3 Å². The molecule has 1 amide bonds. The number of aromatic nitrogens is 3. The van der Waals surface area contributed by atoms with E-state index in [1.165, 1.54) is 11.8 Å². The largest absolute Gasteiger partial charge is 0.349 e. The van der Waals surface area contributed by atoms with E-state index >= 15 is 0 Å². The van der Waals surface area contributed by atoms with Crippen LogP contribution in [0.25, 0.3) is 11.4 Å². The summed E-state index contributed by atoms with van der Waals surface area (Å²) < 4.78 is 0. The van der Waals surface area contributed by atoms with Gasteiger partial charge in [0.05, 0.1) is 23.2 Å². The summed E-state index contributed by atoms with van der Waals surface area (Å²) in [6.45, 7) is 1.93. The maximum atomic E-state index is 12.2. The summed E-state index contributed by atoms with van der Waals surface area (Å²) >= 11 is 7.18. The summed E-state index contributed by atoms with van der Waals surface area (Å²) in [5.41, 5.74) is 2.51. The average molecular weight is 385 g/mol. The highest BCUT2D eigenvalue weighted by Gasteiger charge is 2.11. The molecule has 3 aromatic rings. The van der Waals surface area contributed by atoms with E-state index in [0.717, 1.165) is 17.0 Å². The molecule has 0 aliphatic heterocycles. The van der Waals surface area contributed by atoms with Crippen LogP contribution in [0, 0.1) is 0 Å². The van der Waals surface area contributed by atoms with Gasteiger partial charge in [0.15, 0.2) is 5.16 Å². The Morgan fingerprint density at radius 3 is 2.62 bits per heavy atom. The van der Waals surface area contributed by atoms with E-state index in [9.17, 15) is 4.79 Å². The van der Waals surface area contributed by atoms with Crippen LogP contribution >= 0.6 is 23.4 Å². The Morgan fingerprint density at radius 2 is 1.88 bits per heavy atom. The molecule has 1 aromatic carbocycles. The first-order valence-electron chi connectivity index (χ1n) is 8.04. The molecule has 3 rings (SSSR count). The zero-order valence-corrected chi connectivity index (χ0v) is 15.7. The molecule has 0 bridgehead atoms. The summed E-state index contributed by atoms with van der Waals surface area (Å²) in [6.07, 6.45) is 3.39. The first kappa shape index (κ1) is 18.4. The van der Waals surface area contributed by atoms with E-state index in [1.807, 2.05) is 49.4 Å². The quantitative estimate of drug-likeness (QED) is 0.510. The number of carbonyl (C=O) groups excluding carboxylic acids is 1. The van der Waals surface area contributed by atoms with Crippen LogP contribution in [0.3, 0.4) is 0 Å². The first-order chi connectivity index (χ1) is 12.6. The number of rotatable bonds is 6. The van der Waals surface area contributed by atoms with Crippen molar-refractivity contribution in [2.24, 2.45) is 0 Å². The molecule has 0 radical (unpaired) electrons. The minimum absolute atomic E-state index is 0.0794. The smallest absolute Gasteiger partial charge is 0.230 e. The van der Waals surface area contributed by atoms with Gasteiger partial charge in [0, 0.05) is 17.4 Å². The van der Waals surface area contributed by atoms with Gasteiger partial charge in [-0.1, -0.05) is 41.6 Å². The van der Waals surface area contributed by atoms with E-state index in [0.29, 0.717) is 10.2 Å². The monoisotopic (exact) mass is 384 g/mol. The van der Waals surface area contributed by atoms with Crippen LogP contribution in [0.1, 0.15) is 18.5 Å². The van der Waals surface area contributed by atoms with Crippen molar-refractivity contribution in [2.75, 3.05) is 5.75 Å². The lowest BCUT2D eigenvalue weighted by Gasteiger charge is -2.14. The molecule has 0 aliphatic rings. The number of benzene rings is 1. The van der Waals surface area contributed by atoms with E-state index in [4.69, 9.17) is 11.6 Å². The van der Waals surface area contributed by atoms with Crippen molar-refractivity contribution >= 4 is 29.3 Å². The first-order valence-corrected chi connectivity index (χ1v) is 9.40. The van der Waals surface area contributed by atoms with E-state index in [1.54, 1.807) is 18.5 Å². The molecule has 7 heteroatoms. The molecule has 5 nitrogen and oxygen atoms in total. The summed E-state index contributed by atoms with van der Waals surface area (Å²) in [4.78, 5) is 25.1. The summed E-state index contributed by atoms with van der Waals surface area (Å²) in [5, 5.41) is 4.18. The average Bonchev–Trinajstić information content (AvgIpc) is 2.68. The minimum atomic E-state index is -0.0962. The van der Waals surface area contributed by atoms with Crippen LogP contribution in [0.4, 0.5) is 0 Å². The van der Waals surface area contributed by atoms with E-state index in [2.05, 4.69) is 20.3 Å². The molecule has 2 heterocycles. The lowest BCUT2D eigenvalue weighted by Crippen LogP contribution is -2.28. The van der Waals surface area contributed by atoms with Gasteiger partial charge in [-0.2, -0.15) is 0 Å². The summed E-state index contributed by atoms with van der Waals surface area (Å²) in [5.74, 6) is 0.160. The Bertz CT molecular complexity index is 874. The fourth-order valence-corrected chi connectivity index (χ4v) is 3.08. The van der Waals surface area contributed by atoms with Crippen molar-refractivity contribution in [3.8, 4) is 11.4 Å². The number of pyridine rings is 1. The van der Waals surface area contributed by atoms with Gasteiger partial charge in [0.2, 0.25) is 5.91 Å². The molecule has 1 N–H and O–H groups in total. The van der Waals surface area contributed by atoms with Crippen LogP contribution in [-0.4, -0.2) is 26.6 Å². The number of nitrogens with one attached hydrogen (secondary N) is 1. The maximum absolute atomic E-state index is 12.2. The fraction of sp³-hybridized carbons (Fsp3) is 0.158. The van der Waals surface area contributed by atoms with Gasteiger partial charge < -0.3 is 5.32 Å². The van der Waals surface area contributed by atoms with Crippen LogP contribution in [0.15, 0.2) is 66.1 Å². The lowest BCUT2D eigenvalue weighted by molar-refractivity contribution is -0.119. The molecule has 132 valence electrons. The Labute approximate surface area is 161 Å². The Balaban J connectivity index is 1.57. The number of hydrogen-bond acceptors (Lipinski definition) is 5. The molecule has 2 aromatic heterocycles. The Kier molecular flexibility index (Phi) is 6.20. The van der Waals surface area contributed by atoms with Crippen LogP contribution in [0.2, 0.25) is 5.02 Å². The number of carbonyl (C=O) groups is 1. The van der Waals surface area contributed by atoms with Crippen molar-refractivity contribution in [2.45, 2.75) is 18.1 Å². The third kappa shape index (κ3) is 5.03. The van der Waals surface area contributed by atoms with Gasteiger partial charge in [-0.25, -0.2) is 9.97 Å². The van der Waals surface area contributed by atoms with Crippen molar-refractivity contribution in [3.05, 3.63) is 71.5 Å². The third-order valence-corrected chi connectivity index (χ3v) is 4.75. The predicted octanol–water partition coefficient (Wildman–Crippen LogP) is 4.16. The minimum Gasteiger partial charge on any atom is -0.349 e. The molecule has 0 aliphatic carbocycles. The van der Waals surface area contributed by atoms with Crippen molar-refractivity contribution < 1.29 is 4.79 Å². The Morgan fingerprint density at radius 1 is 1.08 bits per heavy atom. The van der Waals surface area contributed by atoms with Crippen LogP contribution in [0.5, 0.6) is 0 Å². The molecule has 1 unspecified atom stereocenters. The normalized spacial score (nSPS) is 11.8. The van der Waals surface area contributed by atoms with Crippen LogP contribution in [-0.2, 0) is 4.79 Å². The zero-order chi connectivity index (χ0) is 18.4. The summed E-state index contributed by atoms with van der Waals surface area (Å²) in [6, 6.07) is 14.8. The lowest BCUT2D eigenvalue weighted by atomic mass is 10.1. The van der Waals surface area contributed by atoms with Gasteiger partial charge in [-0.05, 0) is 42.8 Å². The van der Waals surface area contributed by atoms with Gasteiger partial charge in [0.25, 0.3) is 0 Å². The number of hydrogen-bond donors (Lipinski definition) is 1. The molecular formula is C19H17ClN4OS. The highest BCUT2D eigenvalue weighted by molar-refractivity contribution is 7.99. The standard InChI is InChI=1S/C19H17ClN4OS/c1-13(14-5-7-15(20)8-6-14)23-18(25)12-26-19-22-11-9-17(24-19)16-4-2-3-10-21-16/h2-11,13H,12H2,1H3,(H,23,25). The number of halogens is 1. The highest BCUT2D eigenvalue weighted by atomic mass is 35.5. The molecule has 26 heavy (non-hydrogen) atoms. The number of thioether (sulfide) groups is 1. The second kappa shape index (κ2) is 8.78. The van der Waals surface area contributed by atoms with Gasteiger partial charge in [-0.3, -0.25) is 9.78 Å². The van der Waals surface area contributed by atoms with E-state index in [-0.39, 0.29) is 17.7 Å². The zero-order valence-electron chi connectivity index (χ0n) is 14.1. The summed E-state index contributed by atoms with van der Waals surface area (Å²) in [7, 11) is 0. The van der Waals surface area contributed by atoms with E-state index < -0.39 is 0 Å². The number of amides is 1. The van der Waals surface area contributed by atoms with Gasteiger partial charge >= 0.3 is 0 Å². The highest BCUT2D eigenvalue weighted by Crippen LogP contribution is 2.19. The predicted molar refractivity (Wildman–Crippen MR) is 104 cm³/mol. The third-order valence-electron chi connectivity index (χ3n) is 3.64. The Hall–Kier alpha value is -2.44. The second-order valence-corrected chi connectivity index (χ2v) is 6.95. The van der Waals surface area contributed by atoms with Gasteiger partial charge in [0.1, 0.15) is 0 Å². The molecule has 0 saturated carbocycles. The fourth-order valence-electron chi connectivity index (χ4n) is 2.32. The van der Waals surface area contributed by atoms with Crippen molar-refractivity contribution in [3.63, 3.8) is 0 Å². The number of nitrogens with zero attached hydrogens (tertiary/aromatic N) is 3. The maximum Gasteiger partial charge on any atom is 0.230 e. The topological polar surface area (TPSA) is 67.8 Å². The molecule has 0 saturated heterocycles. The molecule has 0 fully saturated rings. The van der Waals surface area contributed by atoms with Crippen LogP contribution < -0.4 is 5.32 Å². The second-order valence-electron chi connectivity index (χ2n) is 5.57. The van der Waals surface area contributed by atoms with Crippen molar-refractivity contribution in [1.29, 1.82) is 0 Å². The van der Waals surface area contributed by atoms with Gasteiger partial charge in [-0.15, -0.1) is 0 Å². The molecule has 0 spiro atoms. The SMILES string of the molecule is CC(NC(=O)CSc1nccc(-c2ccccn2)n1)c1ccc(Cl)cc1. The molecule has 1 atom stereocenters.